The molecule has 0 saturated heterocycles. The van der Waals surface area contributed by atoms with Crippen molar-refractivity contribution in [3.05, 3.63) is 64.4 Å². The molecule has 2 rings (SSSR count). The highest BCUT2D eigenvalue weighted by molar-refractivity contribution is 7.10. The summed E-state index contributed by atoms with van der Waals surface area (Å²) >= 11 is 1.36. The van der Waals surface area contributed by atoms with Gasteiger partial charge in [-0.1, -0.05) is 36.4 Å². The Balaban J connectivity index is 2.23. The Bertz CT molecular complexity index is 648. The summed E-state index contributed by atoms with van der Waals surface area (Å²) in [5.74, 6) is -0.794. The van der Waals surface area contributed by atoms with Crippen LogP contribution in [0.5, 0.6) is 0 Å². The smallest absolute Gasteiger partial charge is 0.376 e. The maximum Gasteiger partial charge on any atom is 0.421 e. The van der Waals surface area contributed by atoms with Gasteiger partial charge in [0.25, 0.3) is 0 Å². The van der Waals surface area contributed by atoms with Crippen LogP contribution in [0.15, 0.2) is 53.9 Å². The Labute approximate surface area is 129 Å². The largest absolute Gasteiger partial charge is 0.421 e. The van der Waals surface area contributed by atoms with Gasteiger partial charge in [0, 0.05) is 4.88 Å². The molecule has 0 unspecified atom stereocenters. The van der Waals surface area contributed by atoms with Crippen LogP contribution in [0.1, 0.15) is 16.9 Å². The van der Waals surface area contributed by atoms with Crippen molar-refractivity contribution in [3.8, 4) is 0 Å². The van der Waals surface area contributed by atoms with Gasteiger partial charge in [0.05, 0.1) is 6.42 Å². The van der Waals surface area contributed by atoms with Crippen LogP contribution >= 0.6 is 11.3 Å². The lowest BCUT2D eigenvalue weighted by Crippen LogP contribution is -2.43. The predicted octanol–water partition coefficient (Wildman–Crippen LogP) is 4.17. The molecule has 0 spiro atoms. The van der Waals surface area contributed by atoms with Crippen molar-refractivity contribution in [2.75, 3.05) is 0 Å². The van der Waals surface area contributed by atoms with Gasteiger partial charge in [0.15, 0.2) is 11.4 Å². The van der Waals surface area contributed by atoms with Gasteiger partial charge in [-0.25, -0.2) is 0 Å². The van der Waals surface area contributed by atoms with Crippen LogP contribution in [0.2, 0.25) is 0 Å². The first-order valence-corrected chi connectivity index (χ1v) is 7.30. The topological polar surface area (TPSA) is 37.3 Å². The van der Waals surface area contributed by atoms with E-state index in [0.29, 0.717) is 0 Å². The zero-order valence-corrected chi connectivity index (χ0v) is 12.2. The fourth-order valence-corrected chi connectivity index (χ4v) is 2.57. The summed E-state index contributed by atoms with van der Waals surface area (Å²) in [6.07, 6.45) is -3.50. The van der Waals surface area contributed by atoms with Crippen LogP contribution in [0.25, 0.3) is 6.08 Å². The molecular formula is C16H13F3O2S. The van der Waals surface area contributed by atoms with Gasteiger partial charge in [-0.15, -0.1) is 11.3 Å². The Morgan fingerprint density at radius 2 is 1.82 bits per heavy atom. The summed E-state index contributed by atoms with van der Waals surface area (Å²) in [6, 6.07) is 10.1. The molecule has 0 radical (unpaired) electrons. The molecule has 0 bridgehead atoms. The van der Waals surface area contributed by atoms with Gasteiger partial charge in [-0.2, -0.15) is 13.2 Å². The number of ketones is 1. The molecule has 0 aliphatic heterocycles. The van der Waals surface area contributed by atoms with Crippen LogP contribution in [-0.2, 0) is 10.4 Å². The van der Waals surface area contributed by atoms with Crippen molar-refractivity contribution in [1.29, 1.82) is 0 Å². The van der Waals surface area contributed by atoms with Crippen LogP contribution in [0.3, 0.4) is 0 Å². The van der Waals surface area contributed by atoms with Crippen molar-refractivity contribution in [2.45, 2.75) is 18.2 Å². The molecule has 2 nitrogen and oxygen atoms in total. The van der Waals surface area contributed by atoms with E-state index in [9.17, 15) is 23.1 Å². The van der Waals surface area contributed by atoms with Crippen molar-refractivity contribution >= 4 is 23.2 Å². The molecule has 0 aliphatic rings. The Morgan fingerprint density at radius 3 is 2.36 bits per heavy atom. The van der Waals surface area contributed by atoms with E-state index in [1.165, 1.54) is 29.5 Å². The third-order valence-electron chi connectivity index (χ3n) is 3.13. The normalized spacial score (nSPS) is 14.9. The maximum atomic E-state index is 13.2. The average Bonchev–Trinajstić information content (AvgIpc) is 2.98. The fourth-order valence-electron chi connectivity index (χ4n) is 1.95. The highest BCUT2D eigenvalue weighted by Crippen LogP contribution is 2.41. The minimum absolute atomic E-state index is 0.347. The summed E-state index contributed by atoms with van der Waals surface area (Å²) in [6.45, 7) is 0. The van der Waals surface area contributed by atoms with Gasteiger partial charge in [-0.05, 0) is 29.2 Å². The number of allylic oxidation sites excluding steroid dienone is 1. The quantitative estimate of drug-likeness (QED) is 0.837. The van der Waals surface area contributed by atoms with E-state index in [1.807, 2.05) is 0 Å². The van der Waals surface area contributed by atoms with Crippen LogP contribution in [0, 0.1) is 0 Å². The molecule has 0 aliphatic carbocycles. The first kappa shape index (κ1) is 16.5. The summed E-state index contributed by atoms with van der Waals surface area (Å²) in [5, 5.41) is 11.9. The molecule has 1 atom stereocenters. The van der Waals surface area contributed by atoms with E-state index in [4.69, 9.17) is 0 Å². The number of hydrogen-bond acceptors (Lipinski definition) is 3. The summed E-state index contributed by atoms with van der Waals surface area (Å²) in [5.41, 5.74) is -3.54. The van der Waals surface area contributed by atoms with E-state index >= 15 is 0 Å². The number of carbonyl (C=O) groups is 1. The predicted molar refractivity (Wildman–Crippen MR) is 79.4 cm³/mol. The Kier molecular flexibility index (Phi) is 4.83. The minimum Gasteiger partial charge on any atom is -0.376 e. The summed E-state index contributed by atoms with van der Waals surface area (Å²) in [4.78, 5) is 12.6. The molecule has 22 heavy (non-hydrogen) atoms. The molecule has 1 heterocycles. The zero-order valence-electron chi connectivity index (χ0n) is 11.4. The lowest BCUT2D eigenvalue weighted by molar-refractivity contribution is -0.266. The van der Waals surface area contributed by atoms with E-state index in [2.05, 4.69) is 0 Å². The molecule has 1 aromatic carbocycles. The van der Waals surface area contributed by atoms with Crippen LogP contribution in [0.4, 0.5) is 13.2 Å². The standard InChI is InChI=1S/C16H13F3O2S/c17-16(18,19)15(21,12-5-2-1-3-6-12)11-13(20)8-9-14-7-4-10-22-14/h1-10,21H,11H2/b9-8+/t15-/m0/s1. The Hall–Kier alpha value is -1.92. The SMILES string of the molecule is O=C(/C=C/c1cccs1)C[C@](O)(c1ccccc1)C(F)(F)F. The summed E-state index contributed by atoms with van der Waals surface area (Å²) < 4.78 is 39.7. The molecule has 1 N–H and O–H groups in total. The molecule has 0 fully saturated rings. The van der Waals surface area contributed by atoms with E-state index in [-0.39, 0.29) is 5.56 Å². The monoisotopic (exact) mass is 326 g/mol. The van der Waals surface area contributed by atoms with Crippen molar-refractivity contribution in [1.82, 2.24) is 0 Å². The molecule has 1 aromatic heterocycles. The number of hydrogen-bond donors (Lipinski definition) is 1. The third-order valence-corrected chi connectivity index (χ3v) is 3.96. The minimum atomic E-state index is -4.94. The molecule has 6 heteroatoms. The van der Waals surface area contributed by atoms with E-state index < -0.39 is 24.0 Å². The van der Waals surface area contributed by atoms with E-state index in [1.54, 1.807) is 23.6 Å². The van der Waals surface area contributed by atoms with Gasteiger partial charge in [-0.3, -0.25) is 4.79 Å². The van der Waals surface area contributed by atoms with Gasteiger partial charge in [0.2, 0.25) is 0 Å². The average molecular weight is 326 g/mol. The number of carbonyl (C=O) groups excluding carboxylic acids is 1. The number of alkyl halides is 3. The third kappa shape index (κ3) is 3.64. The molecule has 0 amide bonds. The second-order valence-corrected chi connectivity index (χ2v) is 5.70. The van der Waals surface area contributed by atoms with E-state index in [0.717, 1.165) is 23.1 Å². The maximum absolute atomic E-state index is 13.2. The van der Waals surface area contributed by atoms with Crippen molar-refractivity contribution < 1.29 is 23.1 Å². The van der Waals surface area contributed by atoms with Crippen LogP contribution in [-0.4, -0.2) is 17.1 Å². The highest BCUT2D eigenvalue weighted by atomic mass is 32.1. The number of benzene rings is 1. The van der Waals surface area contributed by atoms with Crippen LogP contribution < -0.4 is 0 Å². The number of halogens is 3. The second kappa shape index (κ2) is 6.46. The lowest BCUT2D eigenvalue weighted by Gasteiger charge is -2.30. The lowest BCUT2D eigenvalue weighted by atomic mass is 9.88. The van der Waals surface area contributed by atoms with Gasteiger partial charge in [0.1, 0.15) is 0 Å². The molecule has 116 valence electrons. The number of thiophene rings is 1. The molecule has 0 saturated carbocycles. The number of aliphatic hydroxyl groups is 1. The fraction of sp³-hybridized carbons (Fsp3) is 0.188. The first-order valence-electron chi connectivity index (χ1n) is 6.42. The first-order chi connectivity index (χ1) is 10.3. The van der Waals surface area contributed by atoms with Gasteiger partial charge < -0.3 is 5.11 Å². The number of rotatable bonds is 5. The summed E-state index contributed by atoms with van der Waals surface area (Å²) in [7, 11) is 0. The zero-order chi connectivity index (χ0) is 16.2. The van der Waals surface area contributed by atoms with Crippen molar-refractivity contribution in [3.63, 3.8) is 0 Å². The highest BCUT2D eigenvalue weighted by Gasteiger charge is 2.55. The Morgan fingerprint density at radius 1 is 1.14 bits per heavy atom. The molecular weight excluding hydrogens is 313 g/mol. The van der Waals surface area contributed by atoms with Crippen molar-refractivity contribution in [2.24, 2.45) is 0 Å². The van der Waals surface area contributed by atoms with Gasteiger partial charge >= 0.3 is 6.18 Å². The molecule has 2 aromatic rings. The second-order valence-electron chi connectivity index (χ2n) is 4.72.